The summed E-state index contributed by atoms with van der Waals surface area (Å²) in [7, 11) is 0. The molecule has 0 aliphatic heterocycles. The third kappa shape index (κ3) is 4.06. The second kappa shape index (κ2) is 6.70. The van der Waals surface area contributed by atoms with Crippen molar-refractivity contribution in [1.29, 1.82) is 0 Å². The molecule has 0 amide bonds. The van der Waals surface area contributed by atoms with Crippen molar-refractivity contribution in [2.45, 2.75) is 12.5 Å². The fraction of sp³-hybridized carbons (Fsp3) is 0.231. The number of aliphatic hydroxyl groups is 1. The van der Waals surface area contributed by atoms with Gasteiger partial charge >= 0.3 is 0 Å². The number of nitrogens with zero attached hydrogens (tertiary/aromatic N) is 2. The van der Waals surface area contributed by atoms with Crippen molar-refractivity contribution >= 4 is 29.0 Å². The first kappa shape index (κ1) is 14.1. The smallest absolute Gasteiger partial charge is 0.224 e. The van der Waals surface area contributed by atoms with Gasteiger partial charge in [-0.05, 0) is 23.6 Å². The molecule has 100 valence electrons. The Labute approximate surface area is 121 Å². The summed E-state index contributed by atoms with van der Waals surface area (Å²) in [6.45, 7) is -0.0349. The van der Waals surface area contributed by atoms with Gasteiger partial charge in [-0.3, -0.25) is 0 Å². The van der Waals surface area contributed by atoms with Gasteiger partial charge in [-0.15, -0.1) is 0 Å². The van der Waals surface area contributed by atoms with Gasteiger partial charge < -0.3 is 10.4 Å². The van der Waals surface area contributed by atoms with Gasteiger partial charge in [0.05, 0.1) is 18.8 Å². The minimum atomic E-state index is -0.189. The Bertz CT molecular complexity index is 537. The summed E-state index contributed by atoms with van der Waals surface area (Å²) >= 11 is 11.7. The average molecular weight is 298 g/mol. The van der Waals surface area contributed by atoms with Gasteiger partial charge in [0.1, 0.15) is 10.8 Å². The van der Waals surface area contributed by atoms with Crippen molar-refractivity contribution < 1.29 is 5.11 Å². The van der Waals surface area contributed by atoms with Crippen LogP contribution < -0.4 is 5.32 Å². The summed E-state index contributed by atoms with van der Waals surface area (Å²) in [5.41, 5.74) is 1.12. The Kier molecular flexibility index (Phi) is 4.96. The molecule has 1 unspecified atom stereocenters. The zero-order chi connectivity index (χ0) is 13.7. The Morgan fingerprint density at radius 1 is 1.21 bits per heavy atom. The van der Waals surface area contributed by atoms with Crippen LogP contribution in [0.3, 0.4) is 0 Å². The van der Waals surface area contributed by atoms with Crippen LogP contribution in [0.5, 0.6) is 0 Å². The van der Waals surface area contributed by atoms with Crippen LogP contribution in [0.1, 0.15) is 5.56 Å². The van der Waals surface area contributed by atoms with Crippen molar-refractivity contribution in [2.24, 2.45) is 0 Å². The third-order valence-corrected chi connectivity index (χ3v) is 3.06. The molecule has 1 aromatic heterocycles. The molecule has 0 aliphatic rings. The molecule has 0 aliphatic carbocycles. The molecular formula is C13H13Cl2N3O. The minimum absolute atomic E-state index is 0.0349. The highest BCUT2D eigenvalue weighted by atomic mass is 35.5. The third-order valence-electron chi connectivity index (χ3n) is 2.60. The summed E-state index contributed by atoms with van der Waals surface area (Å²) in [6.07, 6.45) is 2.09. The maximum absolute atomic E-state index is 9.43. The highest BCUT2D eigenvalue weighted by molar-refractivity contribution is 6.33. The molecule has 4 nitrogen and oxygen atoms in total. The lowest BCUT2D eigenvalue weighted by Gasteiger charge is -2.17. The van der Waals surface area contributed by atoms with E-state index in [0.29, 0.717) is 17.3 Å². The Morgan fingerprint density at radius 2 is 1.95 bits per heavy atom. The van der Waals surface area contributed by atoms with Crippen molar-refractivity contribution in [3.63, 3.8) is 0 Å². The van der Waals surface area contributed by atoms with Gasteiger partial charge in [-0.25, -0.2) is 4.98 Å². The lowest BCUT2D eigenvalue weighted by molar-refractivity contribution is 0.273. The number of benzene rings is 1. The molecule has 0 saturated carbocycles. The van der Waals surface area contributed by atoms with Gasteiger partial charge in [0.15, 0.2) is 0 Å². The van der Waals surface area contributed by atoms with E-state index < -0.39 is 0 Å². The van der Waals surface area contributed by atoms with Crippen molar-refractivity contribution in [3.05, 3.63) is 52.4 Å². The fourth-order valence-electron chi connectivity index (χ4n) is 1.70. The van der Waals surface area contributed by atoms with Crippen molar-refractivity contribution in [2.75, 3.05) is 11.9 Å². The largest absolute Gasteiger partial charge is 0.394 e. The number of hydrogen-bond acceptors (Lipinski definition) is 4. The number of anilines is 1. The predicted molar refractivity (Wildman–Crippen MR) is 76.7 cm³/mol. The number of nitrogens with one attached hydrogen (secondary N) is 1. The van der Waals surface area contributed by atoms with E-state index in [0.717, 1.165) is 5.56 Å². The SMILES string of the molecule is OCC(Cc1ccccc1)Nc1nc(Cl)ncc1Cl. The number of halogens is 2. The Balaban J connectivity index is 2.09. The first-order chi connectivity index (χ1) is 9.19. The van der Waals surface area contributed by atoms with Crippen LogP contribution in [0.2, 0.25) is 10.3 Å². The van der Waals surface area contributed by atoms with Gasteiger partial charge in [0, 0.05) is 0 Å². The van der Waals surface area contributed by atoms with Gasteiger partial charge in [-0.1, -0.05) is 41.9 Å². The highest BCUT2D eigenvalue weighted by Gasteiger charge is 2.12. The first-order valence-electron chi connectivity index (χ1n) is 5.78. The monoisotopic (exact) mass is 297 g/mol. The quantitative estimate of drug-likeness (QED) is 0.833. The Hall–Kier alpha value is -1.36. The summed E-state index contributed by atoms with van der Waals surface area (Å²) < 4.78 is 0. The van der Waals surface area contributed by atoms with Gasteiger partial charge in [0.25, 0.3) is 0 Å². The van der Waals surface area contributed by atoms with E-state index in [9.17, 15) is 5.11 Å². The molecule has 2 rings (SSSR count). The van der Waals surface area contributed by atoms with Gasteiger partial charge in [0.2, 0.25) is 5.28 Å². The summed E-state index contributed by atoms with van der Waals surface area (Å²) in [5, 5.41) is 13.0. The second-order valence-electron chi connectivity index (χ2n) is 4.05. The molecule has 1 heterocycles. The van der Waals surface area contributed by atoms with E-state index in [-0.39, 0.29) is 17.9 Å². The van der Waals surface area contributed by atoms with Crippen LogP contribution in [0.15, 0.2) is 36.5 Å². The topological polar surface area (TPSA) is 58.0 Å². The van der Waals surface area contributed by atoms with Crippen LogP contribution in [0.4, 0.5) is 5.82 Å². The molecule has 0 fully saturated rings. The predicted octanol–water partition coefficient (Wildman–Crippen LogP) is 2.80. The lowest BCUT2D eigenvalue weighted by Crippen LogP contribution is -2.27. The molecule has 0 spiro atoms. The maximum atomic E-state index is 9.43. The van der Waals surface area contributed by atoms with E-state index in [4.69, 9.17) is 23.2 Å². The molecule has 19 heavy (non-hydrogen) atoms. The average Bonchev–Trinajstić information content (AvgIpc) is 2.43. The maximum Gasteiger partial charge on any atom is 0.224 e. The van der Waals surface area contributed by atoms with Crippen molar-refractivity contribution in [3.8, 4) is 0 Å². The van der Waals surface area contributed by atoms with E-state index in [1.165, 1.54) is 6.20 Å². The minimum Gasteiger partial charge on any atom is -0.394 e. The zero-order valence-electron chi connectivity index (χ0n) is 10.1. The summed E-state index contributed by atoms with van der Waals surface area (Å²) in [4.78, 5) is 7.78. The number of hydrogen-bond donors (Lipinski definition) is 2. The lowest BCUT2D eigenvalue weighted by atomic mass is 10.1. The van der Waals surface area contributed by atoms with Crippen LogP contribution in [0, 0.1) is 0 Å². The highest BCUT2D eigenvalue weighted by Crippen LogP contribution is 2.20. The molecule has 2 N–H and O–H groups in total. The second-order valence-corrected chi connectivity index (χ2v) is 4.79. The van der Waals surface area contributed by atoms with E-state index >= 15 is 0 Å². The summed E-state index contributed by atoms with van der Waals surface area (Å²) in [6, 6.07) is 9.67. The molecule has 2 aromatic rings. The van der Waals surface area contributed by atoms with Crippen molar-refractivity contribution in [1.82, 2.24) is 9.97 Å². The molecule has 0 saturated heterocycles. The van der Waals surface area contributed by atoms with Gasteiger partial charge in [-0.2, -0.15) is 4.98 Å². The van der Waals surface area contributed by atoms with Crippen LogP contribution >= 0.6 is 23.2 Å². The molecular weight excluding hydrogens is 285 g/mol. The number of aliphatic hydroxyl groups excluding tert-OH is 1. The first-order valence-corrected chi connectivity index (χ1v) is 6.54. The summed E-state index contributed by atoms with van der Waals surface area (Å²) in [5.74, 6) is 0.427. The van der Waals surface area contributed by atoms with E-state index in [2.05, 4.69) is 15.3 Å². The number of rotatable bonds is 5. The number of aromatic nitrogens is 2. The van der Waals surface area contributed by atoms with Crippen LogP contribution in [-0.2, 0) is 6.42 Å². The zero-order valence-corrected chi connectivity index (χ0v) is 11.6. The molecule has 1 aromatic carbocycles. The van der Waals surface area contributed by atoms with Crippen LogP contribution in [-0.4, -0.2) is 27.7 Å². The fourth-order valence-corrected chi connectivity index (χ4v) is 1.98. The normalized spacial score (nSPS) is 12.2. The standard InChI is InChI=1S/C13H13Cl2N3O/c14-11-7-16-13(15)18-12(11)17-10(8-19)6-9-4-2-1-3-5-9/h1-5,7,10,19H,6,8H2,(H,16,17,18). The molecule has 1 atom stereocenters. The molecule has 6 heteroatoms. The Morgan fingerprint density at radius 3 is 2.63 bits per heavy atom. The molecule has 0 radical (unpaired) electrons. The van der Waals surface area contributed by atoms with E-state index in [1.807, 2.05) is 30.3 Å². The van der Waals surface area contributed by atoms with Crippen LogP contribution in [0.25, 0.3) is 0 Å². The van der Waals surface area contributed by atoms with E-state index in [1.54, 1.807) is 0 Å². The molecule has 0 bridgehead atoms.